The van der Waals surface area contributed by atoms with Gasteiger partial charge in [-0.1, -0.05) is 39.8 Å². The molecule has 210 valence electrons. The molecule has 0 aromatic heterocycles. The van der Waals surface area contributed by atoms with Gasteiger partial charge in [0.05, 0.1) is 12.3 Å². The molecule has 1 aromatic rings. The number of carbonyl (C=O) groups is 2. The Morgan fingerprint density at radius 3 is 2.77 bits per heavy atom. The zero-order valence-electron chi connectivity index (χ0n) is 23.7. The van der Waals surface area contributed by atoms with E-state index in [1.807, 2.05) is 6.92 Å². The number of ketones is 1. The number of carbonyl (C=O) groups excluding carboxylic acids is 2. The van der Waals surface area contributed by atoms with E-state index in [9.17, 15) is 19.7 Å². The van der Waals surface area contributed by atoms with Gasteiger partial charge in [-0.3, -0.25) is 4.79 Å². The molecule has 0 spiro atoms. The monoisotopic (exact) mass is 536 g/mol. The first-order valence-electron chi connectivity index (χ1n) is 14.1. The van der Waals surface area contributed by atoms with Crippen LogP contribution >= 0.6 is 0 Å². The van der Waals surface area contributed by atoms with E-state index in [1.54, 1.807) is 37.5 Å². The SMILES string of the molecule is C=C[C@]1(C)C[C@@H](OC(=O)COc2ccc3c(c2)B(O)N(C)N=C3)[C@@]2(C)[C@@H]3C(=O)CC[C@@]3(CC[C@@H]2C)[C@@H](C)[C@@H]1O. The molecule has 5 rings (SSSR count). The molecule has 0 saturated heterocycles. The van der Waals surface area contributed by atoms with E-state index in [1.165, 1.54) is 4.92 Å². The van der Waals surface area contributed by atoms with Crippen LogP contribution in [-0.4, -0.2) is 65.9 Å². The standard InChI is InChI=1S/C30H41BN2O6/c1-7-28(4)15-24(29(5)18(2)10-12-30(19(3)27(28)36)13-11-23(34)26(29)30)39-25(35)17-38-21-9-8-20-16-32-33(6)31(37)22(20)14-21/h7-9,14,16,18-19,24,26-27,36-37H,1,10-13,15,17H2,2-6H3/t18-,19-,24+,26-,27-,28+,29-,30-/m0/s1. The van der Waals surface area contributed by atoms with Crippen LogP contribution in [0.4, 0.5) is 0 Å². The number of esters is 1. The van der Waals surface area contributed by atoms with Gasteiger partial charge in [0, 0.05) is 30.2 Å². The minimum Gasteiger partial charge on any atom is -0.482 e. The van der Waals surface area contributed by atoms with Crippen molar-refractivity contribution in [2.24, 2.45) is 39.1 Å². The van der Waals surface area contributed by atoms with Crippen molar-refractivity contribution in [3.05, 3.63) is 36.4 Å². The third-order valence-electron chi connectivity index (χ3n) is 11.0. The first kappa shape index (κ1) is 27.9. The van der Waals surface area contributed by atoms with Crippen molar-refractivity contribution in [1.29, 1.82) is 0 Å². The van der Waals surface area contributed by atoms with Crippen LogP contribution in [0, 0.1) is 34.0 Å². The fourth-order valence-corrected chi connectivity index (χ4v) is 8.24. The van der Waals surface area contributed by atoms with Crippen molar-refractivity contribution < 1.29 is 29.2 Å². The number of hydrogen-bond acceptors (Lipinski definition) is 8. The van der Waals surface area contributed by atoms with Crippen molar-refractivity contribution in [2.75, 3.05) is 13.7 Å². The minimum atomic E-state index is -0.905. The summed E-state index contributed by atoms with van der Waals surface area (Å²) < 4.78 is 12.1. The molecule has 8 nitrogen and oxygen atoms in total. The van der Waals surface area contributed by atoms with Crippen LogP contribution < -0.4 is 10.2 Å². The molecule has 3 fully saturated rings. The second-order valence-corrected chi connectivity index (χ2v) is 12.8. The van der Waals surface area contributed by atoms with Crippen LogP contribution in [-0.2, 0) is 14.3 Å². The van der Waals surface area contributed by atoms with E-state index in [4.69, 9.17) is 9.47 Å². The summed E-state index contributed by atoms with van der Waals surface area (Å²) in [4.78, 5) is 28.3. The zero-order valence-corrected chi connectivity index (χ0v) is 23.7. The van der Waals surface area contributed by atoms with Crippen LogP contribution in [0.3, 0.4) is 0 Å². The predicted octanol–water partition coefficient (Wildman–Crippen LogP) is 2.94. The largest absolute Gasteiger partial charge is 0.482 e. The van der Waals surface area contributed by atoms with Crippen molar-refractivity contribution in [2.45, 2.75) is 72.0 Å². The highest BCUT2D eigenvalue weighted by molar-refractivity contribution is 6.65. The second kappa shape index (κ2) is 9.77. The summed E-state index contributed by atoms with van der Waals surface area (Å²) in [7, 11) is 0.771. The Labute approximate surface area is 231 Å². The Kier molecular flexibility index (Phi) is 6.99. The van der Waals surface area contributed by atoms with Crippen LogP contribution in [0.5, 0.6) is 5.75 Å². The maximum Gasteiger partial charge on any atom is 0.466 e. The number of nitrogens with zero attached hydrogens (tertiary/aromatic N) is 2. The Bertz CT molecular complexity index is 1210. The molecule has 4 aliphatic rings. The number of benzene rings is 1. The summed E-state index contributed by atoms with van der Waals surface area (Å²) in [6, 6.07) is 5.22. The fourth-order valence-electron chi connectivity index (χ4n) is 8.24. The van der Waals surface area contributed by atoms with E-state index in [0.717, 1.165) is 24.8 Å². The van der Waals surface area contributed by atoms with Gasteiger partial charge in [0.25, 0.3) is 0 Å². The average molecular weight is 536 g/mol. The summed E-state index contributed by atoms with van der Waals surface area (Å²) in [6.45, 7) is 12.1. The zero-order chi connectivity index (χ0) is 28.3. The Morgan fingerprint density at radius 1 is 1.31 bits per heavy atom. The molecule has 3 saturated carbocycles. The highest BCUT2D eigenvalue weighted by Gasteiger charge is 2.68. The van der Waals surface area contributed by atoms with Gasteiger partial charge in [-0.05, 0) is 66.1 Å². The lowest BCUT2D eigenvalue weighted by molar-refractivity contribution is -0.207. The third-order valence-corrected chi connectivity index (χ3v) is 11.0. The van der Waals surface area contributed by atoms with Crippen molar-refractivity contribution >= 4 is 30.5 Å². The molecule has 0 radical (unpaired) electrons. The van der Waals surface area contributed by atoms with Crippen LogP contribution in [0.2, 0.25) is 0 Å². The van der Waals surface area contributed by atoms with Gasteiger partial charge in [-0.25, -0.2) is 4.79 Å². The Morgan fingerprint density at radius 2 is 2.05 bits per heavy atom. The normalized spacial score (nSPS) is 39.4. The molecule has 2 bridgehead atoms. The summed E-state index contributed by atoms with van der Waals surface area (Å²) in [6.07, 6.45) is 5.62. The van der Waals surface area contributed by atoms with Crippen molar-refractivity contribution in [3.8, 4) is 5.75 Å². The molecule has 3 aliphatic carbocycles. The molecule has 0 unspecified atom stereocenters. The van der Waals surface area contributed by atoms with Gasteiger partial charge in [0.2, 0.25) is 0 Å². The number of fused-ring (bicyclic) bond motifs is 1. The van der Waals surface area contributed by atoms with E-state index in [2.05, 4.69) is 32.5 Å². The summed E-state index contributed by atoms with van der Waals surface area (Å²) in [5.74, 6) is -0.0491. The van der Waals surface area contributed by atoms with E-state index in [0.29, 0.717) is 24.1 Å². The first-order valence-corrected chi connectivity index (χ1v) is 14.1. The predicted molar refractivity (Wildman–Crippen MR) is 150 cm³/mol. The number of hydrazone groups is 1. The number of hydrogen-bond donors (Lipinski definition) is 2. The maximum absolute atomic E-state index is 13.5. The lowest BCUT2D eigenvalue weighted by Crippen LogP contribution is -2.63. The molecule has 8 atom stereocenters. The molecule has 9 heteroatoms. The lowest BCUT2D eigenvalue weighted by Gasteiger charge is -2.61. The van der Waals surface area contributed by atoms with Crippen LogP contribution in [0.25, 0.3) is 0 Å². The molecular formula is C30H41BN2O6. The molecule has 1 aliphatic heterocycles. The van der Waals surface area contributed by atoms with Gasteiger partial charge in [0.1, 0.15) is 17.6 Å². The Balaban J connectivity index is 1.42. The van der Waals surface area contributed by atoms with E-state index >= 15 is 0 Å². The van der Waals surface area contributed by atoms with Gasteiger partial charge in [-0.15, -0.1) is 6.58 Å². The fraction of sp³-hybridized carbons (Fsp3) is 0.633. The smallest absolute Gasteiger partial charge is 0.466 e. The van der Waals surface area contributed by atoms with Gasteiger partial charge < -0.3 is 24.5 Å². The van der Waals surface area contributed by atoms with E-state index < -0.39 is 36.1 Å². The molecule has 2 N–H and O–H groups in total. The molecule has 39 heavy (non-hydrogen) atoms. The highest BCUT2D eigenvalue weighted by atomic mass is 16.6. The Hall–Kier alpha value is -2.65. The topological polar surface area (TPSA) is 109 Å². The summed E-state index contributed by atoms with van der Waals surface area (Å²) in [5.41, 5.74) is -0.146. The van der Waals surface area contributed by atoms with Gasteiger partial charge >= 0.3 is 13.0 Å². The third kappa shape index (κ3) is 4.24. The number of aliphatic hydroxyl groups is 1. The molecule has 1 aromatic carbocycles. The first-order chi connectivity index (χ1) is 18.4. The van der Waals surface area contributed by atoms with Gasteiger partial charge in [-0.2, -0.15) is 5.10 Å². The summed E-state index contributed by atoms with van der Waals surface area (Å²) >= 11 is 0. The number of ether oxygens (including phenoxy) is 2. The average Bonchev–Trinajstić information content (AvgIpc) is 3.28. The van der Waals surface area contributed by atoms with E-state index in [-0.39, 0.29) is 35.6 Å². The molecule has 0 amide bonds. The lowest BCUT2D eigenvalue weighted by atomic mass is 9.44. The van der Waals surface area contributed by atoms with Gasteiger partial charge in [0.15, 0.2) is 6.61 Å². The summed E-state index contributed by atoms with van der Waals surface area (Å²) in [5, 5.41) is 26.2. The van der Waals surface area contributed by atoms with Crippen LogP contribution in [0.1, 0.15) is 65.4 Å². The number of aliphatic hydroxyl groups excluding tert-OH is 1. The highest BCUT2D eigenvalue weighted by Crippen LogP contribution is 2.68. The quantitative estimate of drug-likeness (QED) is 0.339. The number of Topliss-reactive ketones (excluding diaryl/α,β-unsaturated/α-hetero) is 1. The maximum atomic E-state index is 13.5. The number of rotatable bonds is 5. The second-order valence-electron chi connectivity index (χ2n) is 12.8. The molecular weight excluding hydrogens is 495 g/mol. The van der Waals surface area contributed by atoms with Crippen molar-refractivity contribution in [3.63, 3.8) is 0 Å². The molecule has 1 heterocycles. The minimum absolute atomic E-state index is 0.0767. The van der Waals surface area contributed by atoms with Crippen LogP contribution in [0.15, 0.2) is 36.0 Å². The van der Waals surface area contributed by atoms with Crippen molar-refractivity contribution in [1.82, 2.24) is 4.92 Å².